The number of benzene rings is 1. The summed E-state index contributed by atoms with van der Waals surface area (Å²) in [6.45, 7) is 0. The van der Waals surface area contributed by atoms with Gasteiger partial charge in [0.25, 0.3) is 0 Å². The van der Waals surface area contributed by atoms with Crippen LogP contribution in [0.3, 0.4) is 0 Å². The fourth-order valence-electron chi connectivity index (χ4n) is 1.20. The Morgan fingerprint density at radius 1 is 0.941 bits per heavy atom. The number of nitrogen functional groups attached to an aromatic ring is 1. The summed E-state index contributed by atoms with van der Waals surface area (Å²) in [4.78, 5) is 3.90. The molecule has 3 nitrogen and oxygen atoms in total. The Bertz CT molecular complexity index is 560. The van der Waals surface area contributed by atoms with E-state index in [4.69, 9.17) is 45.3 Å². The monoisotopic (exact) mass is 288 g/mol. The van der Waals surface area contributed by atoms with Crippen LogP contribution in [0.4, 0.5) is 5.69 Å². The SMILES string of the molecule is Nc1cncc(Oc2cc(Cl)c(Cl)cc2Cl)c1. The van der Waals surface area contributed by atoms with Crippen molar-refractivity contribution in [1.82, 2.24) is 4.98 Å². The van der Waals surface area contributed by atoms with Crippen LogP contribution in [0.2, 0.25) is 15.1 Å². The molecule has 2 N–H and O–H groups in total. The number of hydrogen-bond donors (Lipinski definition) is 1. The second kappa shape index (κ2) is 5.00. The Hall–Kier alpha value is -1.16. The molecule has 1 aromatic heterocycles. The van der Waals surface area contributed by atoms with Gasteiger partial charge in [-0.2, -0.15) is 0 Å². The van der Waals surface area contributed by atoms with Crippen LogP contribution in [0.25, 0.3) is 0 Å². The molecule has 0 unspecified atom stereocenters. The fourth-order valence-corrected chi connectivity index (χ4v) is 1.78. The van der Waals surface area contributed by atoms with Gasteiger partial charge in [-0.1, -0.05) is 34.8 Å². The predicted octanol–water partition coefficient (Wildman–Crippen LogP) is 4.42. The fraction of sp³-hybridized carbons (Fsp3) is 0. The molecule has 1 aromatic carbocycles. The number of ether oxygens (including phenoxy) is 1. The van der Waals surface area contributed by atoms with Gasteiger partial charge < -0.3 is 10.5 Å². The highest BCUT2D eigenvalue weighted by Crippen LogP contribution is 2.36. The third kappa shape index (κ3) is 2.94. The maximum absolute atomic E-state index is 5.97. The van der Waals surface area contributed by atoms with Crippen molar-refractivity contribution in [2.45, 2.75) is 0 Å². The summed E-state index contributed by atoms with van der Waals surface area (Å²) in [5.41, 5.74) is 6.08. The van der Waals surface area contributed by atoms with E-state index in [0.717, 1.165) is 0 Å². The first-order valence-corrected chi connectivity index (χ1v) is 5.72. The van der Waals surface area contributed by atoms with Crippen LogP contribution in [0.15, 0.2) is 30.6 Å². The first-order chi connectivity index (χ1) is 8.06. The molecule has 0 aliphatic carbocycles. The van der Waals surface area contributed by atoms with Gasteiger partial charge in [-0.3, -0.25) is 4.98 Å². The Labute approximate surface area is 113 Å². The summed E-state index contributed by atoms with van der Waals surface area (Å²) in [6, 6.07) is 4.68. The molecule has 0 radical (unpaired) electrons. The van der Waals surface area contributed by atoms with Gasteiger partial charge in [0.15, 0.2) is 0 Å². The van der Waals surface area contributed by atoms with Gasteiger partial charge in [0, 0.05) is 12.1 Å². The molecular formula is C11H7Cl3N2O. The Morgan fingerprint density at radius 3 is 2.35 bits per heavy atom. The Morgan fingerprint density at radius 2 is 1.65 bits per heavy atom. The lowest BCUT2D eigenvalue weighted by atomic mass is 10.3. The molecule has 0 aliphatic rings. The van der Waals surface area contributed by atoms with E-state index in [0.29, 0.717) is 32.3 Å². The van der Waals surface area contributed by atoms with Crippen molar-refractivity contribution in [3.63, 3.8) is 0 Å². The molecule has 1 heterocycles. The highest BCUT2D eigenvalue weighted by molar-refractivity contribution is 6.43. The maximum Gasteiger partial charge on any atom is 0.147 e. The van der Waals surface area contributed by atoms with E-state index in [9.17, 15) is 0 Å². The van der Waals surface area contributed by atoms with E-state index in [-0.39, 0.29) is 0 Å². The summed E-state index contributed by atoms with van der Waals surface area (Å²) < 4.78 is 5.51. The number of halogens is 3. The largest absolute Gasteiger partial charge is 0.454 e. The van der Waals surface area contributed by atoms with Gasteiger partial charge >= 0.3 is 0 Å². The van der Waals surface area contributed by atoms with Crippen LogP contribution in [0.5, 0.6) is 11.5 Å². The van der Waals surface area contributed by atoms with Gasteiger partial charge in [-0.05, 0) is 6.07 Å². The number of aromatic nitrogens is 1. The Kier molecular flexibility index (Phi) is 3.62. The predicted molar refractivity (Wildman–Crippen MR) is 70.2 cm³/mol. The highest BCUT2D eigenvalue weighted by atomic mass is 35.5. The standard InChI is InChI=1S/C11H7Cl3N2O/c12-8-2-10(14)11(3-9(8)13)17-7-1-6(15)4-16-5-7/h1-5H,15H2. The number of anilines is 1. The van der Waals surface area contributed by atoms with E-state index < -0.39 is 0 Å². The average Bonchev–Trinajstić information content (AvgIpc) is 2.26. The van der Waals surface area contributed by atoms with Crippen LogP contribution < -0.4 is 10.5 Å². The minimum Gasteiger partial charge on any atom is -0.454 e. The van der Waals surface area contributed by atoms with Gasteiger partial charge in [0.2, 0.25) is 0 Å². The van der Waals surface area contributed by atoms with E-state index in [2.05, 4.69) is 4.98 Å². The zero-order valence-corrected chi connectivity index (χ0v) is 10.7. The summed E-state index contributed by atoms with van der Waals surface area (Å²) in [5.74, 6) is 0.874. The topological polar surface area (TPSA) is 48.1 Å². The number of nitrogens with zero attached hydrogens (tertiary/aromatic N) is 1. The van der Waals surface area contributed by atoms with Gasteiger partial charge in [-0.25, -0.2) is 0 Å². The molecular weight excluding hydrogens is 282 g/mol. The molecule has 0 bridgehead atoms. The lowest BCUT2D eigenvalue weighted by Crippen LogP contribution is -1.90. The highest BCUT2D eigenvalue weighted by Gasteiger charge is 2.08. The minimum absolute atomic E-state index is 0.363. The molecule has 2 rings (SSSR count). The van der Waals surface area contributed by atoms with Crippen LogP contribution in [-0.2, 0) is 0 Å². The average molecular weight is 290 g/mol. The molecule has 0 atom stereocenters. The molecule has 0 aliphatic heterocycles. The summed E-state index contributed by atoms with van der Waals surface area (Å²) in [7, 11) is 0. The van der Waals surface area contributed by atoms with Crippen LogP contribution >= 0.6 is 34.8 Å². The summed E-state index contributed by atoms with van der Waals surface area (Å²) in [6.07, 6.45) is 3.04. The molecule has 0 spiro atoms. The molecule has 6 heteroatoms. The number of nitrogens with two attached hydrogens (primary N) is 1. The zero-order valence-electron chi connectivity index (χ0n) is 8.45. The van der Waals surface area contributed by atoms with E-state index >= 15 is 0 Å². The van der Waals surface area contributed by atoms with E-state index in [1.165, 1.54) is 24.5 Å². The molecule has 0 saturated carbocycles. The van der Waals surface area contributed by atoms with Crippen molar-refractivity contribution in [2.75, 3.05) is 5.73 Å². The smallest absolute Gasteiger partial charge is 0.147 e. The lowest BCUT2D eigenvalue weighted by molar-refractivity contribution is 0.481. The number of rotatable bonds is 2. The molecule has 17 heavy (non-hydrogen) atoms. The van der Waals surface area contributed by atoms with Crippen molar-refractivity contribution in [2.24, 2.45) is 0 Å². The summed E-state index contributed by atoms with van der Waals surface area (Å²) in [5, 5.41) is 1.10. The first-order valence-electron chi connectivity index (χ1n) is 4.59. The van der Waals surface area contributed by atoms with Crippen molar-refractivity contribution in [3.8, 4) is 11.5 Å². The molecule has 2 aromatic rings. The van der Waals surface area contributed by atoms with Gasteiger partial charge in [-0.15, -0.1) is 0 Å². The zero-order chi connectivity index (χ0) is 12.4. The lowest BCUT2D eigenvalue weighted by Gasteiger charge is -2.08. The van der Waals surface area contributed by atoms with Crippen LogP contribution in [0, 0.1) is 0 Å². The van der Waals surface area contributed by atoms with Crippen molar-refractivity contribution in [1.29, 1.82) is 0 Å². The Balaban J connectivity index is 2.33. The third-order valence-electron chi connectivity index (χ3n) is 1.94. The van der Waals surface area contributed by atoms with E-state index in [1.807, 2.05) is 0 Å². The number of pyridine rings is 1. The van der Waals surface area contributed by atoms with E-state index in [1.54, 1.807) is 6.07 Å². The second-order valence-electron chi connectivity index (χ2n) is 3.25. The molecule has 0 amide bonds. The summed E-state index contributed by atoms with van der Waals surface area (Å²) >= 11 is 17.7. The first kappa shape index (κ1) is 12.3. The third-order valence-corrected chi connectivity index (χ3v) is 2.95. The number of hydrogen-bond acceptors (Lipinski definition) is 3. The molecule has 88 valence electrons. The van der Waals surface area contributed by atoms with Crippen molar-refractivity contribution < 1.29 is 4.74 Å². The second-order valence-corrected chi connectivity index (χ2v) is 4.47. The van der Waals surface area contributed by atoms with Gasteiger partial charge in [0.1, 0.15) is 11.5 Å². The molecule has 0 fully saturated rings. The maximum atomic E-state index is 5.97. The minimum atomic E-state index is 0.363. The van der Waals surface area contributed by atoms with Crippen LogP contribution in [-0.4, -0.2) is 4.98 Å². The van der Waals surface area contributed by atoms with Crippen molar-refractivity contribution >= 4 is 40.5 Å². The molecule has 0 saturated heterocycles. The van der Waals surface area contributed by atoms with Crippen LogP contribution in [0.1, 0.15) is 0 Å². The van der Waals surface area contributed by atoms with Gasteiger partial charge in [0.05, 0.1) is 33.1 Å². The normalized spacial score (nSPS) is 10.3. The quantitative estimate of drug-likeness (QED) is 0.833. The van der Waals surface area contributed by atoms with Crippen molar-refractivity contribution in [3.05, 3.63) is 45.7 Å².